The van der Waals surface area contributed by atoms with Gasteiger partial charge >= 0.3 is 0 Å². The number of fused-ring (bicyclic) bond motifs is 3. The van der Waals surface area contributed by atoms with Gasteiger partial charge in [-0.2, -0.15) is 11.3 Å². The van der Waals surface area contributed by atoms with E-state index >= 15 is 0 Å². The summed E-state index contributed by atoms with van der Waals surface area (Å²) in [6.45, 7) is 5.30. The third-order valence-electron chi connectivity index (χ3n) is 6.15. The number of carbonyl (C=O) groups excluding carboxylic acids is 1. The highest BCUT2D eigenvalue weighted by Gasteiger charge is 2.21. The zero-order chi connectivity index (χ0) is 23.1. The number of nitrogens with zero attached hydrogens (tertiary/aromatic N) is 3. The van der Waals surface area contributed by atoms with E-state index in [4.69, 9.17) is 4.98 Å². The quantitative estimate of drug-likeness (QED) is 0.343. The van der Waals surface area contributed by atoms with Crippen LogP contribution < -0.4 is 10.6 Å². The van der Waals surface area contributed by atoms with Crippen molar-refractivity contribution in [2.24, 2.45) is 0 Å². The predicted molar refractivity (Wildman–Crippen MR) is 141 cm³/mol. The summed E-state index contributed by atoms with van der Waals surface area (Å²) in [5, 5.41) is 13.0. The smallest absolute Gasteiger partial charge is 0.264 e. The summed E-state index contributed by atoms with van der Waals surface area (Å²) in [5.74, 6) is 0.643. The Kier molecular flexibility index (Phi) is 5.49. The number of amides is 1. The van der Waals surface area contributed by atoms with E-state index in [-0.39, 0.29) is 5.91 Å². The molecule has 6 rings (SSSR count). The minimum atomic E-state index is 0.101. The van der Waals surface area contributed by atoms with E-state index in [0.29, 0.717) is 5.95 Å². The van der Waals surface area contributed by atoms with Crippen molar-refractivity contribution in [1.82, 2.24) is 20.2 Å². The first-order chi connectivity index (χ1) is 16.7. The van der Waals surface area contributed by atoms with Crippen LogP contribution in [0.1, 0.15) is 15.2 Å². The maximum absolute atomic E-state index is 13.0. The van der Waals surface area contributed by atoms with E-state index in [2.05, 4.69) is 51.5 Å². The fraction of sp³-hybridized carbons (Fsp3) is 0.192. The molecule has 1 fully saturated rings. The molecule has 3 aromatic heterocycles. The van der Waals surface area contributed by atoms with Crippen LogP contribution in [0, 0.1) is 6.92 Å². The number of benzene rings is 2. The van der Waals surface area contributed by atoms with Crippen LogP contribution in [-0.4, -0.2) is 47.0 Å². The van der Waals surface area contributed by atoms with Gasteiger partial charge in [0.2, 0.25) is 5.95 Å². The summed E-state index contributed by atoms with van der Waals surface area (Å²) < 4.78 is 1.06. The minimum Gasteiger partial charge on any atom is -0.335 e. The Bertz CT molecular complexity index is 1520. The molecule has 5 aromatic rings. The largest absolute Gasteiger partial charge is 0.335 e. The van der Waals surface area contributed by atoms with Crippen molar-refractivity contribution in [1.29, 1.82) is 0 Å². The number of thiophene rings is 2. The lowest BCUT2D eigenvalue weighted by atomic mass is 10.1. The Balaban J connectivity index is 1.33. The van der Waals surface area contributed by atoms with Crippen LogP contribution in [0.5, 0.6) is 0 Å². The number of piperazine rings is 1. The molecule has 6 nitrogen and oxygen atoms in total. The Morgan fingerprint density at radius 3 is 2.82 bits per heavy atom. The van der Waals surface area contributed by atoms with Crippen LogP contribution in [-0.2, 0) is 0 Å². The molecule has 0 spiro atoms. The summed E-state index contributed by atoms with van der Waals surface area (Å²) in [5.41, 5.74) is 5.48. The molecule has 1 aliphatic rings. The van der Waals surface area contributed by atoms with Gasteiger partial charge in [-0.3, -0.25) is 4.79 Å². The second kappa shape index (κ2) is 8.79. The van der Waals surface area contributed by atoms with E-state index in [1.165, 1.54) is 28.0 Å². The second-order valence-electron chi connectivity index (χ2n) is 8.44. The van der Waals surface area contributed by atoms with Crippen LogP contribution in [0.3, 0.4) is 0 Å². The SMILES string of the molecule is Cc1cscc1-c1cccc(Nc2ncc3ccc4sc(C(=O)N5CCNCC5)cc4c3n2)c1. The molecule has 0 saturated carbocycles. The monoisotopic (exact) mass is 485 g/mol. The van der Waals surface area contributed by atoms with Gasteiger partial charge in [-0.15, -0.1) is 11.3 Å². The van der Waals surface area contributed by atoms with E-state index < -0.39 is 0 Å². The van der Waals surface area contributed by atoms with Crippen molar-refractivity contribution in [3.05, 3.63) is 69.9 Å². The van der Waals surface area contributed by atoms with Crippen LogP contribution in [0.4, 0.5) is 11.6 Å². The molecular weight excluding hydrogens is 462 g/mol. The summed E-state index contributed by atoms with van der Waals surface area (Å²) in [6.07, 6.45) is 1.84. The first-order valence-electron chi connectivity index (χ1n) is 11.3. The maximum atomic E-state index is 13.0. The van der Waals surface area contributed by atoms with E-state index in [1.54, 1.807) is 11.3 Å². The Morgan fingerprint density at radius 1 is 1.12 bits per heavy atom. The molecule has 170 valence electrons. The molecule has 0 atom stereocenters. The minimum absolute atomic E-state index is 0.101. The topological polar surface area (TPSA) is 70.2 Å². The molecule has 0 bridgehead atoms. The standard InChI is InChI=1S/C26H23N5OS2/c1-16-14-33-15-21(16)17-3-2-4-19(11-17)29-26-28-13-18-5-6-22-20(24(18)30-26)12-23(34-22)25(32)31-9-7-27-8-10-31/h2-6,11-15,27H,7-10H2,1H3,(H,28,29,30). The van der Waals surface area contributed by atoms with Crippen LogP contribution >= 0.6 is 22.7 Å². The molecule has 1 saturated heterocycles. The van der Waals surface area contributed by atoms with E-state index in [9.17, 15) is 4.79 Å². The molecule has 0 aliphatic carbocycles. The second-order valence-corrected chi connectivity index (χ2v) is 10.3. The van der Waals surface area contributed by atoms with Crippen molar-refractivity contribution in [3.8, 4) is 11.1 Å². The summed E-state index contributed by atoms with van der Waals surface area (Å²) in [7, 11) is 0. The number of anilines is 2. The third-order valence-corrected chi connectivity index (χ3v) is 8.10. The predicted octanol–water partition coefficient (Wildman–Crippen LogP) is 5.67. The molecule has 2 aromatic carbocycles. The lowest BCUT2D eigenvalue weighted by Crippen LogP contribution is -2.46. The average Bonchev–Trinajstić information content (AvgIpc) is 3.51. The molecule has 2 N–H and O–H groups in total. The van der Waals surface area contributed by atoms with Gasteiger partial charge in [0.25, 0.3) is 5.91 Å². The molecule has 8 heteroatoms. The van der Waals surface area contributed by atoms with Gasteiger partial charge in [-0.1, -0.05) is 12.1 Å². The summed E-state index contributed by atoms with van der Waals surface area (Å²) in [6, 6.07) is 14.4. The first-order valence-corrected chi connectivity index (χ1v) is 13.0. The van der Waals surface area contributed by atoms with Crippen molar-refractivity contribution < 1.29 is 4.79 Å². The summed E-state index contributed by atoms with van der Waals surface area (Å²) in [4.78, 5) is 25.1. The fourth-order valence-electron chi connectivity index (χ4n) is 4.35. The van der Waals surface area contributed by atoms with Crippen LogP contribution in [0.25, 0.3) is 32.1 Å². The Labute approximate surface area is 205 Å². The molecule has 4 heterocycles. The van der Waals surface area contributed by atoms with Gasteiger partial charge in [0, 0.05) is 53.5 Å². The molecule has 34 heavy (non-hydrogen) atoms. The molecule has 0 radical (unpaired) electrons. The molecule has 0 unspecified atom stereocenters. The van der Waals surface area contributed by atoms with E-state index in [0.717, 1.165) is 57.7 Å². The van der Waals surface area contributed by atoms with Gasteiger partial charge in [0.1, 0.15) is 0 Å². The average molecular weight is 486 g/mol. The zero-order valence-corrected chi connectivity index (χ0v) is 20.3. The fourth-order valence-corrected chi connectivity index (χ4v) is 6.24. The highest BCUT2D eigenvalue weighted by atomic mass is 32.1. The lowest BCUT2D eigenvalue weighted by Gasteiger charge is -2.26. The zero-order valence-electron chi connectivity index (χ0n) is 18.7. The Hall–Kier alpha value is -3.33. The van der Waals surface area contributed by atoms with Crippen molar-refractivity contribution in [3.63, 3.8) is 0 Å². The summed E-state index contributed by atoms with van der Waals surface area (Å²) >= 11 is 3.25. The highest BCUT2D eigenvalue weighted by Crippen LogP contribution is 2.33. The van der Waals surface area contributed by atoms with Gasteiger partial charge in [0.05, 0.1) is 10.4 Å². The van der Waals surface area contributed by atoms with Crippen molar-refractivity contribution >= 4 is 61.2 Å². The van der Waals surface area contributed by atoms with Crippen LogP contribution in [0.15, 0.2) is 59.4 Å². The Morgan fingerprint density at radius 2 is 2.00 bits per heavy atom. The van der Waals surface area contributed by atoms with Gasteiger partial charge in [-0.25, -0.2) is 9.97 Å². The first kappa shape index (κ1) is 21.2. The van der Waals surface area contributed by atoms with E-state index in [1.807, 2.05) is 35.4 Å². The molecular formula is C26H23N5OS2. The van der Waals surface area contributed by atoms with Gasteiger partial charge in [0.15, 0.2) is 0 Å². The number of carbonyl (C=O) groups is 1. The number of aryl methyl sites for hydroxylation is 1. The number of rotatable bonds is 4. The van der Waals surface area contributed by atoms with Gasteiger partial charge in [-0.05, 0) is 64.7 Å². The van der Waals surface area contributed by atoms with Crippen molar-refractivity contribution in [2.45, 2.75) is 6.92 Å². The van der Waals surface area contributed by atoms with Crippen molar-refractivity contribution in [2.75, 3.05) is 31.5 Å². The number of nitrogens with one attached hydrogen (secondary N) is 2. The maximum Gasteiger partial charge on any atom is 0.264 e. The molecule has 1 amide bonds. The lowest BCUT2D eigenvalue weighted by molar-refractivity contribution is 0.0741. The number of hydrogen-bond acceptors (Lipinski definition) is 7. The van der Waals surface area contributed by atoms with Gasteiger partial charge < -0.3 is 15.5 Å². The number of aromatic nitrogens is 2. The normalized spacial score (nSPS) is 14.1. The highest BCUT2D eigenvalue weighted by molar-refractivity contribution is 7.21. The number of hydrogen-bond donors (Lipinski definition) is 2. The molecule has 1 aliphatic heterocycles. The van der Waals surface area contributed by atoms with Crippen LogP contribution in [0.2, 0.25) is 0 Å². The third kappa shape index (κ3) is 3.94.